The van der Waals surface area contributed by atoms with Crippen LogP contribution in [0, 0.1) is 0 Å². The third-order valence-electron chi connectivity index (χ3n) is 3.61. The number of hydrogen-bond donors (Lipinski definition) is 2. The van der Waals surface area contributed by atoms with Gasteiger partial charge in [-0.25, -0.2) is 0 Å². The van der Waals surface area contributed by atoms with Crippen molar-refractivity contribution >= 4 is 41.3 Å². The third-order valence-corrected chi connectivity index (χ3v) is 4.74. The lowest BCUT2D eigenvalue weighted by atomic mass is 10.2. The van der Waals surface area contributed by atoms with Crippen molar-refractivity contribution < 1.29 is 4.74 Å². The van der Waals surface area contributed by atoms with Crippen LogP contribution >= 0.6 is 35.3 Å². The van der Waals surface area contributed by atoms with Crippen molar-refractivity contribution in [3.8, 4) is 16.2 Å². The number of thiophene rings is 1. The molecule has 0 unspecified atom stereocenters. The van der Waals surface area contributed by atoms with E-state index in [9.17, 15) is 0 Å². The first-order valence-electron chi connectivity index (χ1n) is 7.49. The minimum atomic E-state index is 0. The molecule has 0 aliphatic heterocycles. The van der Waals surface area contributed by atoms with Crippen molar-refractivity contribution in [1.29, 1.82) is 0 Å². The summed E-state index contributed by atoms with van der Waals surface area (Å²) in [5.74, 6) is 1.78. The number of aliphatic imine (C=N–C) groups is 1. The van der Waals surface area contributed by atoms with Gasteiger partial charge in [-0.1, -0.05) is 0 Å². The average Bonchev–Trinajstić information content (AvgIpc) is 3.26. The Morgan fingerprint density at radius 2 is 1.96 bits per heavy atom. The maximum Gasteiger partial charge on any atom is 0.191 e. The summed E-state index contributed by atoms with van der Waals surface area (Å²) < 4.78 is 5.20. The molecule has 1 aliphatic carbocycles. The molecule has 3 rings (SSSR count). The van der Waals surface area contributed by atoms with Crippen LogP contribution in [0.3, 0.4) is 0 Å². The highest BCUT2D eigenvalue weighted by Crippen LogP contribution is 2.29. The van der Waals surface area contributed by atoms with E-state index in [-0.39, 0.29) is 24.0 Å². The molecule has 0 saturated heterocycles. The molecule has 4 nitrogen and oxygen atoms in total. The summed E-state index contributed by atoms with van der Waals surface area (Å²) in [6.07, 6.45) is 2.50. The minimum Gasteiger partial charge on any atom is -0.497 e. The molecule has 0 spiro atoms. The van der Waals surface area contributed by atoms with Gasteiger partial charge in [0.05, 0.1) is 13.7 Å². The molecular weight excluding hydrogens is 421 g/mol. The zero-order chi connectivity index (χ0) is 15.4. The number of rotatable bonds is 5. The monoisotopic (exact) mass is 443 g/mol. The van der Waals surface area contributed by atoms with E-state index in [1.54, 1.807) is 18.4 Å². The van der Waals surface area contributed by atoms with Gasteiger partial charge < -0.3 is 15.4 Å². The summed E-state index contributed by atoms with van der Waals surface area (Å²) in [5.41, 5.74) is 1.22. The standard InChI is InChI=1S/C17H21N3OS.HI/c1-18-17(20-13-5-6-13)19-11-15-9-10-16(22-15)12-3-7-14(21-2)8-4-12;/h3-4,7-10,13H,5-6,11H2,1-2H3,(H2,18,19,20);1H. The van der Waals surface area contributed by atoms with Gasteiger partial charge in [0.15, 0.2) is 5.96 Å². The molecule has 1 aromatic heterocycles. The van der Waals surface area contributed by atoms with E-state index >= 15 is 0 Å². The number of ether oxygens (including phenoxy) is 1. The Labute approximate surface area is 158 Å². The summed E-state index contributed by atoms with van der Waals surface area (Å²) in [6, 6.07) is 13.1. The van der Waals surface area contributed by atoms with Crippen LogP contribution < -0.4 is 15.4 Å². The molecule has 1 aromatic carbocycles. The third kappa shape index (κ3) is 5.10. The molecule has 0 atom stereocenters. The normalized spacial score (nSPS) is 14.1. The number of guanidine groups is 1. The molecule has 6 heteroatoms. The van der Waals surface area contributed by atoms with Crippen LogP contribution in [-0.2, 0) is 6.54 Å². The van der Waals surface area contributed by atoms with Gasteiger partial charge in [-0.15, -0.1) is 35.3 Å². The van der Waals surface area contributed by atoms with E-state index in [4.69, 9.17) is 4.74 Å². The highest BCUT2D eigenvalue weighted by atomic mass is 127. The predicted octanol–water partition coefficient (Wildman–Crippen LogP) is 3.87. The molecule has 1 heterocycles. The van der Waals surface area contributed by atoms with Crippen molar-refractivity contribution in [1.82, 2.24) is 10.6 Å². The van der Waals surface area contributed by atoms with Crippen molar-refractivity contribution in [2.45, 2.75) is 25.4 Å². The molecule has 2 aromatic rings. The average molecular weight is 443 g/mol. The predicted molar refractivity (Wildman–Crippen MR) is 108 cm³/mol. The molecule has 0 radical (unpaired) electrons. The molecule has 1 aliphatic rings. The van der Waals surface area contributed by atoms with Gasteiger partial charge in [0.2, 0.25) is 0 Å². The molecule has 23 heavy (non-hydrogen) atoms. The van der Waals surface area contributed by atoms with E-state index in [1.165, 1.54) is 28.2 Å². The van der Waals surface area contributed by atoms with Crippen molar-refractivity contribution in [2.24, 2.45) is 4.99 Å². The fraction of sp³-hybridized carbons (Fsp3) is 0.353. The maximum atomic E-state index is 5.20. The van der Waals surface area contributed by atoms with Crippen LogP contribution in [0.5, 0.6) is 5.75 Å². The Morgan fingerprint density at radius 1 is 1.22 bits per heavy atom. The van der Waals surface area contributed by atoms with Crippen LogP contribution in [0.2, 0.25) is 0 Å². The lowest BCUT2D eigenvalue weighted by Crippen LogP contribution is -2.37. The first-order chi connectivity index (χ1) is 10.8. The second-order valence-corrected chi connectivity index (χ2v) is 6.51. The molecule has 1 saturated carbocycles. The second kappa shape index (κ2) is 8.54. The molecule has 124 valence electrons. The van der Waals surface area contributed by atoms with Gasteiger partial charge in [-0.2, -0.15) is 0 Å². The van der Waals surface area contributed by atoms with Gasteiger partial charge in [-0.05, 0) is 54.8 Å². The molecular formula is C17H22IN3OS. The van der Waals surface area contributed by atoms with Crippen LogP contribution in [0.15, 0.2) is 41.4 Å². The zero-order valence-corrected chi connectivity index (χ0v) is 16.5. The smallest absolute Gasteiger partial charge is 0.191 e. The van der Waals surface area contributed by atoms with E-state index in [0.29, 0.717) is 6.04 Å². The summed E-state index contributed by atoms with van der Waals surface area (Å²) >= 11 is 1.80. The highest BCUT2D eigenvalue weighted by Gasteiger charge is 2.22. The summed E-state index contributed by atoms with van der Waals surface area (Å²) in [7, 11) is 3.50. The molecule has 0 bridgehead atoms. The topological polar surface area (TPSA) is 45.7 Å². The summed E-state index contributed by atoms with van der Waals surface area (Å²) in [5, 5.41) is 6.76. The quantitative estimate of drug-likeness (QED) is 0.419. The maximum absolute atomic E-state index is 5.20. The van der Waals surface area contributed by atoms with Gasteiger partial charge in [0, 0.05) is 22.8 Å². The van der Waals surface area contributed by atoms with Crippen LogP contribution in [0.4, 0.5) is 0 Å². The number of methoxy groups -OCH3 is 1. The SMILES string of the molecule is CN=C(NCc1ccc(-c2ccc(OC)cc2)s1)NC1CC1.I. The Morgan fingerprint density at radius 3 is 2.57 bits per heavy atom. The van der Waals surface area contributed by atoms with E-state index in [2.05, 4.69) is 39.9 Å². The number of benzene rings is 1. The summed E-state index contributed by atoms with van der Waals surface area (Å²) in [6.45, 7) is 0.799. The second-order valence-electron chi connectivity index (χ2n) is 5.34. The fourth-order valence-corrected chi connectivity index (χ4v) is 3.12. The molecule has 0 amide bonds. The number of nitrogens with one attached hydrogen (secondary N) is 2. The van der Waals surface area contributed by atoms with Crippen molar-refractivity contribution in [3.63, 3.8) is 0 Å². The first-order valence-corrected chi connectivity index (χ1v) is 8.30. The Balaban J connectivity index is 0.00000192. The fourth-order valence-electron chi connectivity index (χ4n) is 2.17. The Kier molecular flexibility index (Phi) is 6.71. The highest BCUT2D eigenvalue weighted by molar-refractivity contribution is 14.0. The van der Waals surface area contributed by atoms with Crippen LogP contribution in [0.25, 0.3) is 10.4 Å². The van der Waals surface area contributed by atoms with Crippen LogP contribution in [0.1, 0.15) is 17.7 Å². The number of hydrogen-bond acceptors (Lipinski definition) is 3. The van der Waals surface area contributed by atoms with Gasteiger partial charge in [0.25, 0.3) is 0 Å². The molecule has 2 N–H and O–H groups in total. The van der Waals surface area contributed by atoms with Gasteiger partial charge in [0.1, 0.15) is 5.75 Å². The largest absolute Gasteiger partial charge is 0.497 e. The Hall–Kier alpha value is -1.28. The number of halogens is 1. The Bertz CT molecular complexity index is 650. The van der Waals surface area contributed by atoms with Crippen molar-refractivity contribution in [3.05, 3.63) is 41.3 Å². The van der Waals surface area contributed by atoms with E-state index in [1.807, 2.05) is 19.2 Å². The van der Waals surface area contributed by atoms with Gasteiger partial charge in [-0.3, -0.25) is 4.99 Å². The van der Waals surface area contributed by atoms with E-state index < -0.39 is 0 Å². The van der Waals surface area contributed by atoms with E-state index in [0.717, 1.165) is 18.3 Å². The van der Waals surface area contributed by atoms with Crippen molar-refractivity contribution in [2.75, 3.05) is 14.2 Å². The lowest BCUT2D eigenvalue weighted by Gasteiger charge is -2.09. The van der Waals surface area contributed by atoms with Gasteiger partial charge >= 0.3 is 0 Å². The lowest BCUT2D eigenvalue weighted by molar-refractivity contribution is 0.415. The van der Waals surface area contributed by atoms with Crippen LogP contribution in [-0.4, -0.2) is 26.2 Å². The minimum absolute atomic E-state index is 0. The summed E-state index contributed by atoms with van der Waals surface area (Å²) in [4.78, 5) is 6.82. The first kappa shape index (κ1) is 18.1. The zero-order valence-electron chi connectivity index (χ0n) is 13.3. The molecule has 1 fully saturated rings. The number of nitrogens with zero attached hydrogens (tertiary/aromatic N) is 1.